The maximum atomic E-state index is 5.38. The van der Waals surface area contributed by atoms with Gasteiger partial charge in [-0.05, 0) is 58.7 Å². The highest BCUT2D eigenvalue weighted by atomic mass is 16.7. The summed E-state index contributed by atoms with van der Waals surface area (Å²) >= 11 is 0. The number of fused-ring (bicyclic) bond motifs is 2. The van der Waals surface area contributed by atoms with Gasteiger partial charge in [-0.2, -0.15) is 10.1 Å². The van der Waals surface area contributed by atoms with E-state index in [9.17, 15) is 0 Å². The molecule has 1 aliphatic heterocycles. The van der Waals surface area contributed by atoms with E-state index >= 15 is 0 Å². The number of ether oxygens (including phenoxy) is 2. The van der Waals surface area contributed by atoms with Gasteiger partial charge in [-0.1, -0.05) is 12.1 Å². The van der Waals surface area contributed by atoms with Crippen molar-refractivity contribution in [1.82, 2.24) is 20.3 Å². The maximum Gasteiger partial charge on any atom is 0.245 e. The molecule has 0 saturated heterocycles. The highest BCUT2D eigenvalue weighted by Gasteiger charge is 2.14. The third kappa shape index (κ3) is 3.50. The molecule has 0 unspecified atom stereocenters. The number of nitrogens with zero attached hydrogens (tertiary/aromatic N) is 5. The van der Waals surface area contributed by atoms with Crippen LogP contribution in [-0.4, -0.2) is 33.3 Å². The van der Waals surface area contributed by atoms with Crippen molar-refractivity contribution < 1.29 is 14.1 Å². The quantitative estimate of drug-likeness (QED) is 0.391. The molecule has 0 amide bonds. The third-order valence-electron chi connectivity index (χ3n) is 4.18. The predicted octanol–water partition coefficient (Wildman–Crippen LogP) is 3.24. The second kappa shape index (κ2) is 7.08. The topological polar surface area (TPSA) is 120 Å². The van der Waals surface area contributed by atoms with Gasteiger partial charge in [0.1, 0.15) is 0 Å². The molecule has 10 heteroatoms. The number of hydrogen-bond donors (Lipinski definition) is 2. The number of aryl methyl sites for hydroxylation is 1. The molecule has 0 bridgehead atoms. The monoisotopic (exact) mass is 389 g/mol. The lowest BCUT2D eigenvalue weighted by Gasteiger charge is -2.09. The molecule has 2 N–H and O–H groups in total. The van der Waals surface area contributed by atoms with E-state index in [1.165, 1.54) is 0 Å². The van der Waals surface area contributed by atoms with E-state index in [1.807, 2.05) is 49.4 Å². The largest absolute Gasteiger partial charge is 0.454 e. The minimum atomic E-state index is 0.226. The molecule has 2 aromatic heterocycles. The standard InChI is InChI=1S/C19H15N7O3/c1-11-3-2-4-13(7-11)21-16-17(23-19-18(22-16)25-29-26-19)24-20-9-12-5-6-14-15(8-12)28-10-27-14/h2-9H,10H2,1H3,(H,21,22,25)(H,23,24,26)/b20-9-. The Hall–Kier alpha value is -4.21. The summed E-state index contributed by atoms with van der Waals surface area (Å²) in [6.45, 7) is 2.24. The number of rotatable bonds is 5. The summed E-state index contributed by atoms with van der Waals surface area (Å²) in [6.07, 6.45) is 1.64. The first-order chi connectivity index (χ1) is 14.2. The summed E-state index contributed by atoms with van der Waals surface area (Å²) in [5.41, 5.74) is 6.29. The van der Waals surface area contributed by atoms with Crippen molar-refractivity contribution in [2.45, 2.75) is 6.92 Å². The van der Waals surface area contributed by atoms with Gasteiger partial charge in [-0.25, -0.2) is 9.61 Å². The van der Waals surface area contributed by atoms with Crippen molar-refractivity contribution in [3.05, 3.63) is 53.6 Å². The van der Waals surface area contributed by atoms with Crippen LogP contribution in [-0.2, 0) is 0 Å². The Morgan fingerprint density at radius 2 is 1.79 bits per heavy atom. The SMILES string of the molecule is Cc1cccc(Nc2nc3nonc3nc2N/N=C\c2ccc3c(c2)OCO3)c1. The predicted molar refractivity (Wildman–Crippen MR) is 106 cm³/mol. The van der Waals surface area contributed by atoms with E-state index in [2.05, 4.69) is 36.1 Å². The van der Waals surface area contributed by atoms with Gasteiger partial charge in [-0.15, -0.1) is 0 Å². The van der Waals surface area contributed by atoms with Crippen molar-refractivity contribution in [2.24, 2.45) is 5.10 Å². The van der Waals surface area contributed by atoms with Crippen molar-refractivity contribution >= 4 is 34.8 Å². The molecule has 29 heavy (non-hydrogen) atoms. The fourth-order valence-corrected chi connectivity index (χ4v) is 2.82. The van der Waals surface area contributed by atoms with Gasteiger partial charge >= 0.3 is 0 Å². The average Bonchev–Trinajstić information content (AvgIpc) is 3.36. The lowest BCUT2D eigenvalue weighted by Crippen LogP contribution is -2.03. The fourth-order valence-electron chi connectivity index (χ4n) is 2.82. The summed E-state index contributed by atoms with van der Waals surface area (Å²) in [7, 11) is 0. The van der Waals surface area contributed by atoms with Crippen LogP contribution in [0.15, 0.2) is 52.2 Å². The second-order valence-corrected chi connectivity index (χ2v) is 6.31. The van der Waals surface area contributed by atoms with E-state index in [-0.39, 0.29) is 12.4 Å². The van der Waals surface area contributed by atoms with Crippen molar-refractivity contribution in [1.29, 1.82) is 0 Å². The molecule has 4 aromatic rings. The van der Waals surface area contributed by atoms with Crippen LogP contribution < -0.4 is 20.2 Å². The van der Waals surface area contributed by atoms with Gasteiger partial charge in [0.2, 0.25) is 18.1 Å². The first-order valence-electron chi connectivity index (χ1n) is 8.77. The van der Waals surface area contributed by atoms with Crippen molar-refractivity contribution in [2.75, 3.05) is 17.5 Å². The molecular weight excluding hydrogens is 374 g/mol. The number of anilines is 3. The molecule has 0 radical (unpaired) electrons. The maximum absolute atomic E-state index is 5.38. The van der Waals surface area contributed by atoms with Gasteiger partial charge in [0.25, 0.3) is 0 Å². The van der Waals surface area contributed by atoms with Crippen molar-refractivity contribution in [3.63, 3.8) is 0 Å². The molecule has 1 aliphatic rings. The summed E-state index contributed by atoms with van der Waals surface area (Å²) in [6, 6.07) is 13.4. The Balaban J connectivity index is 1.42. The summed E-state index contributed by atoms with van der Waals surface area (Å²) in [5.74, 6) is 2.23. The van der Waals surface area contributed by atoms with Crippen LogP contribution >= 0.6 is 0 Å². The molecule has 0 aliphatic carbocycles. The zero-order valence-electron chi connectivity index (χ0n) is 15.3. The molecule has 5 rings (SSSR count). The molecule has 0 saturated carbocycles. The summed E-state index contributed by atoms with van der Waals surface area (Å²) in [5, 5.41) is 15.0. The van der Waals surface area contributed by atoms with E-state index in [0.717, 1.165) is 22.6 Å². The van der Waals surface area contributed by atoms with E-state index in [4.69, 9.17) is 14.1 Å². The number of hydrazone groups is 1. The van der Waals surface area contributed by atoms with Gasteiger partial charge < -0.3 is 14.8 Å². The normalized spacial score (nSPS) is 12.6. The van der Waals surface area contributed by atoms with Gasteiger partial charge in [0.15, 0.2) is 23.1 Å². The average molecular weight is 389 g/mol. The Kier molecular flexibility index (Phi) is 4.13. The van der Waals surface area contributed by atoms with Gasteiger partial charge in [-0.3, -0.25) is 5.43 Å². The Labute approximate surface area is 164 Å². The van der Waals surface area contributed by atoms with Crippen molar-refractivity contribution in [3.8, 4) is 11.5 Å². The molecule has 0 fully saturated rings. The van der Waals surface area contributed by atoms with Crippen LogP contribution in [0.25, 0.3) is 11.3 Å². The Bertz CT molecular complexity index is 1220. The number of nitrogens with one attached hydrogen (secondary N) is 2. The number of benzene rings is 2. The molecule has 2 aromatic carbocycles. The van der Waals surface area contributed by atoms with Crippen LogP contribution in [0.5, 0.6) is 11.5 Å². The van der Waals surface area contributed by atoms with Crippen LogP contribution in [0.3, 0.4) is 0 Å². The van der Waals surface area contributed by atoms with Crippen LogP contribution in [0.4, 0.5) is 17.3 Å². The highest BCUT2D eigenvalue weighted by Crippen LogP contribution is 2.32. The second-order valence-electron chi connectivity index (χ2n) is 6.31. The molecule has 0 spiro atoms. The fraction of sp³-hybridized carbons (Fsp3) is 0.105. The van der Waals surface area contributed by atoms with Crippen LogP contribution in [0.2, 0.25) is 0 Å². The summed E-state index contributed by atoms with van der Waals surface area (Å²) < 4.78 is 15.4. The number of hydrogen-bond acceptors (Lipinski definition) is 10. The molecule has 3 heterocycles. The van der Waals surface area contributed by atoms with Gasteiger partial charge in [0, 0.05) is 5.69 Å². The van der Waals surface area contributed by atoms with Crippen LogP contribution in [0.1, 0.15) is 11.1 Å². The molecule has 10 nitrogen and oxygen atoms in total. The Morgan fingerprint density at radius 1 is 0.966 bits per heavy atom. The summed E-state index contributed by atoms with van der Waals surface area (Å²) in [4.78, 5) is 8.80. The van der Waals surface area contributed by atoms with E-state index in [1.54, 1.807) is 6.21 Å². The molecular formula is C19H15N7O3. The molecule has 144 valence electrons. The number of aromatic nitrogens is 4. The highest BCUT2D eigenvalue weighted by molar-refractivity contribution is 5.82. The smallest absolute Gasteiger partial charge is 0.245 e. The zero-order chi connectivity index (χ0) is 19.6. The molecule has 0 atom stereocenters. The lowest BCUT2D eigenvalue weighted by atomic mass is 10.2. The van der Waals surface area contributed by atoms with Crippen LogP contribution in [0, 0.1) is 6.92 Å². The minimum Gasteiger partial charge on any atom is -0.454 e. The first-order valence-corrected chi connectivity index (χ1v) is 8.77. The zero-order valence-corrected chi connectivity index (χ0v) is 15.3. The lowest BCUT2D eigenvalue weighted by molar-refractivity contribution is 0.174. The van der Waals surface area contributed by atoms with E-state index < -0.39 is 0 Å². The third-order valence-corrected chi connectivity index (χ3v) is 4.18. The Morgan fingerprint density at radius 3 is 2.66 bits per heavy atom. The first kappa shape index (κ1) is 16.9. The van der Waals surface area contributed by atoms with E-state index in [0.29, 0.717) is 23.0 Å². The van der Waals surface area contributed by atoms with Gasteiger partial charge in [0.05, 0.1) is 6.21 Å². The minimum absolute atomic E-state index is 0.226.